The molecule has 0 radical (unpaired) electrons. The molecule has 0 saturated heterocycles. The Bertz CT molecular complexity index is 991. The highest BCUT2D eigenvalue weighted by molar-refractivity contribution is 7.97. The zero-order valence-electron chi connectivity index (χ0n) is 16.7. The van der Waals surface area contributed by atoms with Gasteiger partial charge in [0.1, 0.15) is 11.5 Å². The van der Waals surface area contributed by atoms with Crippen molar-refractivity contribution in [3.05, 3.63) is 47.7 Å². The number of ether oxygens (including phenoxy) is 1. The fourth-order valence-corrected chi connectivity index (χ4v) is 4.34. The molecule has 0 bridgehead atoms. The van der Waals surface area contributed by atoms with Gasteiger partial charge in [-0.3, -0.25) is 5.14 Å². The van der Waals surface area contributed by atoms with Crippen molar-refractivity contribution in [2.75, 3.05) is 11.9 Å². The van der Waals surface area contributed by atoms with Crippen LogP contribution in [0.4, 0.5) is 16.0 Å². The Morgan fingerprint density at radius 3 is 2.70 bits per heavy atom. The highest BCUT2D eigenvalue weighted by atomic mass is 32.2. The molecule has 3 aromatic rings. The highest BCUT2D eigenvalue weighted by Crippen LogP contribution is 2.41. The van der Waals surface area contributed by atoms with E-state index in [0.717, 1.165) is 36.0 Å². The van der Waals surface area contributed by atoms with Gasteiger partial charge in [-0.2, -0.15) is 4.37 Å². The SMILES string of the molecule is CC(C)c1nsnc1OCC1CC(c2cnc(Nc3ccc(SN)cc3F)nc2)C1. The number of nitrogens with one attached hydrogen (secondary N) is 1. The van der Waals surface area contributed by atoms with Gasteiger partial charge in [0.15, 0.2) is 0 Å². The molecule has 158 valence electrons. The van der Waals surface area contributed by atoms with Gasteiger partial charge < -0.3 is 10.1 Å². The van der Waals surface area contributed by atoms with Gasteiger partial charge in [0.05, 0.1) is 24.0 Å². The second-order valence-corrected chi connectivity index (χ2v) is 8.91. The van der Waals surface area contributed by atoms with Gasteiger partial charge >= 0.3 is 0 Å². The molecular formula is C20H23FN6OS2. The van der Waals surface area contributed by atoms with Crippen LogP contribution in [0, 0.1) is 11.7 Å². The van der Waals surface area contributed by atoms with Crippen LogP contribution in [0.1, 0.15) is 49.8 Å². The summed E-state index contributed by atoms with van der Waals surface area (Å²) >= 11 is 2.20. The van der Waals surface area contributed by atoms with Crippen molar-refractivity contribution < 1.29 is 9.13 Å². The van der Waals surface area contributed by atoms with Crippen LogP contribution in [0.5, 0.6) is 5.88 Å². The van der Waals surface area contributed by atoms with Gasteiger partial charge in [-0.15, -0.1) is 4.37 Å². The minimum absolute atomic E-state index is 0.308. The van der Waals surface area contributed by atoms with Crippen LogP contribution in [0.2, 0.25) is 0 Å². The number of nitrogens with two attached hydrogens (primary N) is 1. The van der Waals surface area contributed by atoms with E-state index in [9.17, 15) is 4.39 Å². The van der Waals surface area contributed by atoms with Crippen molar-refractivity contribution in [1.82, 2.24) is 18.7 Å². The van der Waals surface area contributed by atoms with Gasteiger partial charge in [-0.25, -0.2) is 14.4 Å². The van der Waals surface area contributed by atoms with E-state index in [2.05, 4.69) is 37.9 Å². The molecule has 0 unspecified atom stereocenters. The van der Waals surface area contributed by atoms with Gasteiger partial charge in [-0.05, 0) is 60.4 Å². The predicted molar refractivity (Wildman–Crippen MR) is 117 cm³/mol. The van der Waals surface area contributed by atoms with E-state index < -0.39 is 5.82 Å². The third-order valence-corrected chi connectivity index (χ3v) is 6.24. The monoisotopic (exact) mass is 446 g/mol. The van der Waals surface area contributed by atoms with Crippen molar-refractivity contribution in [3.63, 3.8) is 0 Å². The number of nitrogens with zero attached hydrogens (tertiary/aromatic N) is 4. The lowest BCUT2D eigenvalue weighted by Gasteiger charge is -2.34. The predicted octanol–water partition coefficient (Wildman–Crippen LogP) is 4.87. The van der Waals surface area contributed by atoms with E-state index in [1.165, 1.54) is 17.8 Å². The highest BCUT2D eigenvalue weighted by Gasteiger charge is 2.31. The Labute approximate surface area is 183 Å². The lowest BCUT2D eigenvalue weighted by atomic mass is 9.72. The number of halogens is 1. The maximum absolute atomic E-state index is 14.1. The van der Waals surface area contributed by atoms with E-state index in [4.69, 9.17) is 9.88 Å². The topological polar surface area (TPSA) is 98.8 Å². The summed E-state index contributed by atoms with van der Waals surface area (Å²) in [6.45, 7) is 4.83. The van der Waals surface area contributed by atoms with Crippen molar-refractivity contribution in [2.24, 2.45) is 11.1 Å². The summed E-state index contributed by atoms with van der Waals surface area (Å²) in [5.41, 5.74) is 2.34. The van der Waals surface area contributed by atoms with Crippen molar-refractivity contribution in [3.8, 4) is 5.88 Å². The zero-order chi connectivity index (χ0) is 21.1. The Kier molecular flexibility index (Phi) is 6.45. The Morgan fingerprint density at radius 2 is 2.03 bits per heavy atom. The molecule has 0 aliphatic heterocycles. The summed E-state index contributed by atoms with van der Waals surface area (Å²) in [5, 5.41) is 8.35. The van der Waals surface area contributed by atoms with Crippen LogP contribution in [0.3, 0.4) is 0 Å². The fraction of sp³-hybridized carbons (Fsp3) is 0.400. The first-order valence-electron chi connectivity index (χ1n) is 9.74. The largest absolute Gasteiger partial charge is 0.475 e. The molecule has 0 amide bonds. The van der Waals surface area contributed by atoms with Crippen LogP contribution >= 0.6 is 23.7 Å². The average Bonchev–Trinajstić information content (AvgIpc) is 3.18. The molecule has 10 heteroatoms. The summed E-state index contributed by atoms with van der Waals surface area (Å²) in [6.07, 6.45) is 5.66. The second-order valence-electron chi connectivity index (χ2n) is 7.68. The number of anilines is 2. The first kappa shape index (κ1) is 21.0. The van der Waals surface area contributed by atoms with Gasteiger partial charge in [0.25, 0.3) is 0 Å². The first-order valence-corrected chi connectivity index (χ1v) is 11.3. The standard InChI is InChI=1S/C20H23FN6OS2/c1-11(2)18-19(27-30-26-18)28-10-12-5-13(6-12)14-8-23-20(24-9-14)25-17-4-3-15(29-22)7-16(17)21/h3-4,7-9,11-13H,5-6,10,22H2,1-2H3,(H,23,24,25). The van der Waals surface area contributed by atoms with Crippen molar-refractivity contribution >= 4 is 35.3 Å². The van der Waals surface area contributed by atoms with E-state index in [-0.39, 0.29) is 0 Å². The molecule has 1 saturated carbocycles. The summed E-state index contributed by atoms with van der Waals surface area (Å²) < 4.78 is 28.5. The maximum Gasteiger partial charge on any atom is 0.249 e. The number of hydrogen-bond donors (Lipinski definition) is 2. The Hall–Kier alpha value is -2.30. The van der Waals surface area contributed by atoms with Crippen LogP contribution in [0.15, 0.2) is 35.5 Å². The van der Waals surface area contributed by atoms with Gasteiger partial charge in [-0.1, -0.05) is 13.8 Å². The molecule has 1 aliphatic rings. The molecule has 3 N–H and O–H groups in total. The number of aromatic nitrogens is 4. The molecular weight excluding hydrogens is 423 g/mol. The molecule has 1 aromatic carbocycles. The van der Waals surface area contributed by atoms with Crippen molar-refractivity contribution in [1.29, 1.82) is 0 Å². The first-order chi connectivity index (χ1) is 14.5. The molecule has 0 spiro atoms. The smallest absolute Gasteiger partial charge is 0.249 e. The summed E-state index contributed by atoms with van der Waals surface area (Å²) in [6, 6.07) is 4.75. The minimum atomic E-state index is -0.393. The Balaban J connectivity index is 1.28. The summed E-state index contributed by atoms with van der Waals surface area (Å²) in [4.78, 5) is 9.33. The van der Waals surface area contributed by atoms with Crippen LogP contribution in [-0.4, -0.2) is 25.3 Å². The summed E-state index contributed by atoms with van der Waals surface area (Å²) in [7, 11) is 0. The molecule has 4 rings (SSSR count). The lowest BCUT2D eigenvalue weighted by Crippen LogP contribution is -2.27. The second kappa shape index (κ2) is 9.23. The third-order valence-electron chi connectivity index (χ3n) is 5.19. The summed E-state index contributed by atoms with van der Waals surface area (Å²) in [5.74, 6) is 1.86. The molecule has 0 atom stereocenters. The zero-order valence-corrected chi connectivity index (χ0v) is 18.3. The Morgan fingerprint density at radius 1 is 1.27 bits per heavy atom. The van der Waals surface area contributed by atoms with E-state index in [1.807, 2.05) is 0 Å². The average molecular weight is 447 g/mol. The molecule has 7 nitrogen and oxygen atoms in total. The minimum Gasteiger partial charge on any atom is -0.475 e. The van der Waals surface area contributed by atoms with Gasteiger partial charge in [0.2, 0.25) is 11.8 Å². The molecule has 1 fully saturated rings. The lowest BCUT2D eigenvalue weighted by molar-refractivity contribution is 0.153. The van der Waals surface area contributed by atoms with Crippen LogP contribution < -0.4 is 15.2 Å². The van der Waals surface area contributed by atoms with E-state index in [0.29, 0.717) is 46.8 Å². The van der Waals surface area contributed by atoms with E-state index in [1.54, 1.807) is 24.5 Å². The molecule has 30 heavy (non-hydrogen) atoms. The van der Waals surface area contributed by atoms with E-state index >= 15 is 0 Å². The number of benzene rings is 1. The van der Waals surface area contributed by atoms with Crippen LogP contribution in [0.25, 0.3) is 0 Å². The number of rotatable bonds is 8. The van der Waals surface area contributed by atoms with Crippen molar-refractivity contribution in [2.45, 2.75) is 43.4 Å². The van der Waals surface area contributed by atoms with Gasteiger partial charge in [0, 0.05) is 23.2 Å². The maximum atomic E-state index is 14.1. The molecule has 1 aliphatic carbocycles. The quantitative estimate of drug-likeness (QED) is 0.473. The molecule has 2 aromatic heterocycles. The molecule has 2 heterocycles. The number of hydrogen-bond acceptors (Lipinski definition) is 9. The normalized spacial score (nSPS) is 18.3. The third kappa shape index (κ3) is 4.71. The van der Waals surface area contributed by atoms with Crippen LogP contribution in [-0.2, 0) is 0 Å². The fourth-order valence-electron chi connectivity index (χ4n) is 3.39.